The second-order valence-electron chi connectivity index (χ2n) is 7.03. The molecule has 1 saturated heterocycles. The van der Waals surface area contributed by atoms with Crippen molar-refractivity contribution in [3.8, 4) is 0 Å². The highest BCUT2D eigenvalue weighted by Crippen LogP contribution is 2.33. The van der Waals surface area contributed by atoms with E-state index in [1.807, 2.05) is 35.2 Å². The van der Waals surface area contributed by atoms with Crippen LogP contribution >= 0.6 is 0 Å². The molecule has 1 atom stereocenters. The molecule has 27 heavy (non-hydrogen) atoms. The van der Waals surface area contributed by atoms with Crippen LogP contribution in [0, 0.1) is 0 Å². The third-order valence-electron chi connectivity index (χ3n) is 5.35. The molecule has 1 aliphatic rings. The van der Waals surface area contributed by atoms with Crippen LogP contribution < -0.4 is 4.90 Å². The molecule has 5 nitrogen and oxygen atoms in total. The van der Waals surface area contributed by atoms with Crippen LogP contribution in [0.1, 0.15) is 30.7 Å². The van der Waals surface area contributed by atoms with Gasteiger partial charge in [0.25, 0.3) is 0 Å². The van der Waals surface area contributed by atoms with E-state index >= 15 is 0 Å². The standard InChI is InChI=1S/C22H25N3O2/c1-3-16-8-10-18(11-9-16)25-15-17(14-21(25)26)22-23-19-6-4-5-7-20(19)24(22)12-13-27-2/h4-11,17H,3,12-15H2,1-2H3/t17-/m1/s1. The molecule has 4 rings (SSSR count). The first kappa shape index (κ1) is 17.7. The molecule has 1 amide bonds. The Kier molecular flexibility index (Phi) is 4.94. The number of aryl methyl sites for hydroxylation is 1. The number of carbonyl (C=O) groups is 1. The van der Waals surface area contributed by atoms with E-state index in [9.17, 15) is 4.79 Å². The van der Waals surface area contributed by atoms with E-state index in [0.717, 1.165) is 35.5 Å². The third-order valence-corrected chi connectivity index (χ3v) is 5.35. The zero-order valence-corrected chi connectivity index (χ0v) is 15.9. The molecule has 2 heterocycles. The molecule has 140 valence electrons. The van der Waals surface area contributed by atoms with E-state index in [4.69, 9.17) is 9.72 Å². The lowest BCUT2D eigenvalue weighted by atomic mass is 10.1. The maximum Gasteiger partial charge on any atom is 0.227 e. The summed E-state index contributed by atoms with van der Waals surface area (Å²) >= 11 is 0. The third kappa shape index (κ3) is 3.35. The number of hydrogen-bond donors (Lipinski definition) is 0. The Hall–Kier alpha value is -2.66. The molecule has 2 aromatic carbocycles. The molecule has 1 aromatic heterocycles. The molecule has 0 unspecified atom stereocenters. The summed E-state index contributed by atoms with van der Waals surface area (Å²) in [7, 11) is 1.71. The smallest absolute Gasteiger partial charge is 0.227 e. The summed E-state index contributed by atoms with van der Waals surface area (Å²) in [6, 6.07) is 16.4. The first-order valence-electron chi connectivity index (χ1n) is 9.54. The number of benzene rings is 2. The lowest BCUT2D eigenvalue weighted by Gasteiger charge is -2.18. The summed E-state index contributed by atoms with van der Waals surface area (Å²) in [6.07, 6.45) is 1.49. The predicted octanol–water partition coefficient (Wildman–Crippen LogP) is 3.77. The van der Waals surface area contributed by atoms with E-state index < -0.39 is 0 Å². The number of methoxy groups -OCH3 is 1. The number of nitrogens with zero attached hydrogens (tertiary/aromatic N) is 3. The maximum atomic E-state index is 12.7. The van der Waals surface area contributed by atoms with Crippen LogP contribution in [0.25, 0.3) is 11.0 Å². The molecular weight excluding hydrogens is 338 g/mol. The first-order chi connectivity index (χ1) is 13.2. The van der Waals surface area contributed by atoms with Crippen molar-refractivity contribution in [1.82, 2.24) is 9.55 Å². The van der Waals surface area contributed by atoms with Crippen LogP contribution in [0.2, 0.25) is 0 Å². The lowest BCUT2D eigenvalue weighted by Crippen LogP contribution is -2.24. The van der Waals surface area contributed by atoms with Crippen LogP contribution in [0.15, 0.2) is 48.5 Å². The number of amides is 1. The van der Waals surface area contributed by atoms with E-state index in [1.165, 1.54) is 5.56 Å². The monoisotopic (exact) mass is 363 g/mol. The van der Waals surface area contributed by atoms with Crippen molar-refractivity contribution in [2.24, 2.45) is 0 Å². The number of ether oxygens (including phenoxy) is 1. The minimum absolute atomic E-state index is 0.0904. The molecule has 1 fully saturated rings. The number of carbonyl (C=O) groups excluding carboxylic acids is 1. The fourth-order valence-corrected chi connectivity index (χ4v) is 3.87. The van der Waals surface area contributed by atoms with Gasteiger partial charge in [0.05, 0.1) is 17.6 Å². The van der Waals surface area contributed by atoms with Crippen molar-refractivity contribution in [2.75, 3.05) is 25.2 Å². The van der Waals surface area contributed by atoms with Crippen molar-refractivity contribution in [1.29, 1.82) is 0 Å². The van der Waals surface area contributed by atoms with Gasteiger partial charge in [-0.2, -0.15) is 0 Å². The topological polar surface area (TPSA) is 47.4 Å². The van der Waals surface area contributed by atoms with Crippen molar-refractivity contribution >= 4 is 22.6 Å². The van der Waals surface area contributed by atoms with Gasteiger partial charge in [-0.1, -0.05) is 31.2 Å². The van der Waals surface area contributed by atoms with E-state index in [-0.39, 0.29) is 11.8 Å². The van der Waals surface area contributed by atoms with Gasteiger partial charge in [0.15, 0.2) is 0 Å². The van der Waals surface area contributed by atoms with Crippen LogP contribution in [0.4, 0.5) is 5.69 Å². The van der Waals surface area contributed by atoms with Gasteiger partial charge >= 0.3 is 0 Å². The quantitative estimate of drug-likeness (QED) is 0.670. The molecule has 3 aromatic rings. The molecule has 0 spiro atoms. The number of anilines is 1. The highest BCUT2D eigenvalue weighted by molar-refractivity contribution is 5.96. The zero-order chi connectivity index (χ0) is 18.8. The highest BCUT2D eigenvalue weighted by atomic mass is 16.5. The van der Waals surface area contributed by atoms with Crippen LogP contribution in [-0.2, 0) is 22.5 Å². The van der Waals surface area contributed by atoms with Crippen molar-refractivity contribution in [3.05, 3.63) is 59.9 Å². The van der Waals surface area contributed by atoms with Gasteiger partial charge < -0.3 is 14.2 Å². The fourth-order valence-electron chi connectivity index (χ4n) is 3.87. The van der Waals surface area contributed by atoms with E-state index in [2.05, 4.69) is 29.7 Å². The summed E-state index contributed by atoms with van der Waals surface area (Å²) < 4.78 is 7.50. The largest absolute Gasteiger partial charge is 0.383 e. The summed E-state index contributed by atoms with van der Waals surface area (Å²) in [5, 5.41) is 0. The van der Waals surface area contributed by atoms with Crippen molar-refractivity contribution in [3.63, 3.8) is 0 Å². The number of para-hydroxylation sites is 2. The van der Waals surface area contributed by atoms with Gasteiger partial charge in [0.1, 0.15) is 5.82 Å². The Balaban J connectivity index is 1.65. The molecule has 0 N–H and O–H groups in total. The van der Waals surface area contributed by atoms with Gasteiger partial charge in [-0.3, -0.25) is 4.79 Å². The second-order valence-corrected chi connectivity index (χ2v) is 7.03. The highest BCUT2D eigenvalue weighted by Gasteiger charge is 2.34. The molecule has 0 saturated carbocycles. The normalized spacial score (nSPS) is 17.2. The van der Waals surface area contributed by atoms with Crippen LogP contribution in [0.5, 0.6) is 0 Å². The number of aromatic nitrogens is 2. The van der Waals surface area contributed by atoms with Gasteiger partial charge in [-0.25, -0.2) is 4.98 Å². The number of hydrogen-bond acceptors (Lipinski definition) is 3. The summed E-state index contributed by atoms with van der Waals surface area (Å²) in [5.41, 5.74) is 4.33. The summed E-state index contributed by atoms with van der Waals surface area (Å²) in [4.78, 5) is 19.5. The number of rotatable bonds is 6. The first-order valence-corrected chi connectivity index (χ1v) is 9.54. The molecule has 0 aliphatic carbocycles. The minimum Gasteiger partial charge on any atom is -0.383 e. The van der Waals surface area contributed by atoms with Gasteiger partial charge in [-0.05, 0) is 36.2 Å². The Morgan fingerprint density at radius 1 is 1.15 bits per heavy atom. The van der Waals surface area contributed by atoms with E-state index in [1.54, 1.807) is 7.11 Å². The van der Waals surface area contributed by atoms with E-state index in [0.29, 0.717) is 19.6 Å². The van der Waals surface area contributed by atoms with Crippen LogP contribution in [-0.4, -0.2) is 35.7 Å². The summed E-state index contributed by atoms with van der Waals surface area (Å²) in [6.45, 7) is 4.16. The SMILES string of the molecule is CCc1ccc(N2C[C@H](c3nc4ccccc4n3CCOC)CC2=O)cc1. The van der Waals surface area contributed by atoms with Crippen molar-refractivity contribution in [2.45, 2.75) is 32.2 Å². The van der Waals surface area contributed by atoms with Gasteiger partial charge in [0, 0.05) is 38.2 Å². The molecule has 0 radical (unpaired) electrons. The number of imidazole rings is 1. The second kappa shape index (κ2) is 7.53. The molecule has 1 aliphatic heterocycles. The van der Waals surface area contributed by atoms with Gasteiger partial charge in [0.2, 0.25) is 5.91 Å². The van der Waals surface area contributed by atoms with Crippen molar-refractivity contribution < 1.29 is 9.53 Å². The molecule has 0 bridgehead atoms. The Labute approximate surface area is 159 Å². The average Bonchev–Trinajstić information content (AvgIpc) is 3.27. The zero-order valence-electron chi connectivity index (χ0n) is 15.9. The molecule has 5 heteroatoms. The Morgan fingerprint density at radius 3 is 2.67 bits per heavy atom. The number of fused-ring (bicyclic) bond motifs is 1. The maximum absolute atomic E-state index is 12.7. The molecular formula is C22H25N3O2. The lowest BCUT2D eigenvalue weighted by molar-refractivity contribution is -0.117. The summed E-state index contributed by atoms with van der Waals surface area (Å²) in [5.74, 6) is 1.23. The Bertz CT molecular complexity index is 946. The van der Waals surface area contributed by atoms with Crippen LogP contribution in [0.3, 0.4) is 0 Å². The van der Waals surface area contributed by atoms with Gasteiger partial charge in [-0.15, -0.1) is 0 Å². The fraction of sp³-hybridized carbons (Fsp3) is 0.364. The predicted molar refractivity (Wildman–Crippen MR) is 107 cm³/mol. The Morgan fingerprint density at radius 2 is 1.93 bits per heavy atom. The minimum atomic E-state index is 0.0904. The average molecular weight is 363 g/mol.